The molecule has 0 unspecified atom stereocenters. The van der Waals surface area contributed by atoms with E-state index in [0.29, 0.717) is 19.3 Å². The minimum absolute atomic E-state index is 0.227. The molecular weight excluding hydrogens is 905 g/mol. The maximum absolute atomic E-state index is 12.3. The van der Waals surface area contributed by atoms with Crippen molar-refractivity contribution in [2.75, 3.05) is 111 Å². The maximum Gasteiger partial charge on any atom is 0.164 e. The van der Waals surface area contributed by atoms with Crippen LogP contribution in [0, 0.1) is 0 Å². The third kappa shape index (κ3) is 26.8. The number of carbonyl (C=O) groups is 3. The molecule has 0 aromatic heterocycles. The summed E-state index contributed by atoms with van der Waals surface area (Å²) in [5.41, 5.74) is 2.44. The summed E-state index contributed by atoms with van der Waals surface area (Å²) in [6.07, 6.45) is 22.0. The first-order valence-corrected chi connectivity index (χ1v) is 29.0. The smallest absolute Gasteiger partial charge is 0.164 e. The van der Waals surface area contributed by atoms with Crippen LogP contribution in [-0.4, -0.2) is 148 Å². The van der Waals surface area contributed by atoms with Crippen LogP contribution in [0.3, 0.4) is 0 Å². The van der Waals surface area contributed by atoms with E-state index < -0.39 is 0 Å². The summed E-state index contributed by atoms with van der Waals surface area (Å²) in [5, 5.41) is 0. The van der Waals surface area contributed by atoms with Crippen molar-refractivity contribution in [1.82, 2.24) is 19.6 Å². The number of likely N-dealkylation sites (tertiary alicyclic amines) is 1. The number of ketones is 3. The van der Waals surface area contributed by atoms with Gasteiger partial charge in [0.1, 0.15) is 11.5 Å². The highest BCUT2D eigenvalue weighted by Crippen LogP contribution is 2.21. The lowest BCUT2D eigenvalue weighted by molar-refractivity contribution is 0.0370. The van der Waals surface area contributed by atoms with Gasteiger partial charge in [-0.05, 0) is 119 Å². The third-order valence-corrected chi connectivity index (χ3v) is 14.8. The van der Waals surface area contributed by atoms with Crippen molar-refractivity contribution in [1.29, 1.82) is 0 Å². The van der Waals surface area contributed by atoms with Crippen molar-refractivity contribution >= 4 is 29.1 Å². The van der Waals surface area contributed by atoms with Crippen molar-refractivity contribution in [3.8, 4) is 11.5 Å². The Morgan fingerprint density at radius 2 is 0.859 bits per heavy atom. The van der Waals surface area contributed by atoms with Crippen LogP contribution in [0.5, 0.6) is 11.5 Å². The Balaban J connectivity index is 0.000000232. The van der Waals surface area contributed by atoms with Gasteiger partial charge in [-0.15, -0.1) is 11.8 Å². The van der Waals surface area contributed by atoms with Crippen molar-refractivity contribution in [3.05, 3.63) is 89.5 Å². The largest absolute Gasteiger partial charge is 0.494 e. The number of Topliss-reactive ketones (excluding diaryl/α,β-unsaturated/α-hetero) is 3. The number of morpholine rings is 1. The number of carbonyl (C=O) groups excluding carboxylic acids is 3. The Labute approximate surface area is 435 Å². The van der Waals surface area contributed by atoms with Crippen molar-refractivity contribution < 1.29 is 28.6 Å². The van der Waals surface area contributed by atoms with E-state index in [1.165, 1.54) is 94.8 Å². The second-order valence-electron chi connectivity index (χ2n) is 19.7. The van der Waals surface area contributed by atoms with Crippen LogP contribution in [0.2, 0.25) is 0 Å². The number of ether oxygens (including phenoxy) is 3. The Bertz CT molecular complexity index is 1820. The van der Waals surface area contributed by atoms with Crippen LogP contribution in [0.25, 0.3) is 0 Å². The summed E-state index contributed by atoms with van der Waals surface area (Å²) < 4.78 is 16.8. The number of unbranched alkanes of at least 4 members (excludes halogenated alkanes) is 10. The van der Waals surface area contributed by atoms with Crippen molar-refractivity contribution in [2.45, 2.75) is 148 Å². The number of piperazine rings is 1. The van der Waals surface area contributed by atoms with E-state index in [1.807, 2.05) is 72.4 Å². The van der Waals surface area contributed by atoms with Gasteiger partial charge in [-0.3, -0.25) is 19.3 Å². The number of rotatable bonds is 31. The highest BCUT2D eigenvalue weighted by atomic mass is 32.2. The molecular formula is C60H94N4O6S. The van der Waals surface area contributed by atoms with Crippen LogP contribution < -0.4 is 9.47 Å². The molecule has 10 nitrogen and oxygen atoms in total. The van der Waals surface area contributed by atoms with Gasteiger partial charge in [0.05, 0.1) is 26.4 Å². The first-order chi connectivity index (χ1) is 34.8. The molecule has 0 radical (unpaired) electrons. The fourth-order valence-corrected chi connectivity index (χ4v) is 9.75. The van der Waals surface area contributed by atoms with E-state index in [1.54, 1.807) is 0 Å². The summed E-state index contributed by atoms with van der Waals surface area (Å²) in [6, 6.07) is 23.4. The third-order valence-electron chi connectivity index (χ3n) is 13.7. The summed E-state index contributed by atoms with van der Waals surface area (Å²) in [4.78, 5) is 47.6. The van der Waals surface area contributed by atoms with E-state index >= 15 is 0 Å². The van der Waals surface area contributed by atoms with Crippen LogP contribution in [0.4, 0.5) is 0 Å². The number of nitrogens with zero attached hydrogens (tertiary/aromatic N) is 4. The lowest BCUT2D eigenvalue weighted by Crippen LogP contribution is -2.45. The molecule has 3 aliphatic rings. The molecule has 396 valence electrons. The molecule has 3 heterocycles. The highest BCUT2D eigenvalue weighted by Gasteiger charge is 2.17. The number of piperidine rings is 1. The number of benzene rings is 3. The quantitative estimate of drug-likeness (QED) is 0.0350. The predicted molar refractivity (Wildman–Crippen MR) is 296 cm³/mol. The molecule has 0 amide bonds. The maximum atomic E-state index is 12.3. The zero-order valence-corrected chi connectivity index (χ0v) is 45.6. The van der Waals surface area contributed by atoms with E-state index in [0.717, 1.165) is 145 Å². The van der Waals surface area contributed by atoms with Crippen molar-refractivity contribution in [3.63, 3.8) is 0 Å². The molecule has 0 bridgehead atoms. The monoisotopic (exact) mass is 999 g/mol. The molecule has 0 aliphatic carbocycles. The van der Waals surface area contributed by atoms with Gasteiger partial charge in [0, 0.05) is 99.8 Å². The van der Waals surface area contributed by atoms with E-state index in [9.17, 15) is 14.4 Å². The molecule has 0 atom stereocenters. The summed E-state index contributed by atoms with van der Waals surface area (Å²) >= 11 is 1.88. The van der Waals surface area contributed by atoms with Gasteiger partial charge >= 0.3 is 0 Å². The first-order valence-electron chi connectivity index (χ1n) is 28.0. The molecule has 11 heteroatoms. The van der Waals surface area contributed by atoms with Gasteiger partial charge in [-0.1, -0.05) is 104 Å². The van der Waals surface area contributed by atoms with Gasteiger partial charge in [0.15, 0.2) is 17.3 Å². The lowest BCUT2D eigenvalue weighted by Gasteiger charge is -2.32. The second kappa shape index (κ2) is 38.1. The minimum Gasteiger partial charge on any atom is -0.494 e. The molecule has 3 aromatic rings. The Hall–Kier alpha value is -3.58. The predicted octanol–water partition coefficient (Wildman–Crippen LogP) is 12.8. The van der Waals surface area contributed by atoms with Gasteiger partial charge in [0.2, 0.25) is 0 Å². The van der Waals surface area contributed by atoms with Crippen LogP contribution >= 0.6 is 11.8 Å². The van der Waals surface area contributed by atoms with Gasteiger partial charge in [-0.25, -0.2) is 0 Å². The Morgan fingerprint density at radius 3 is 1.31 bits per heavy atom. The van der Waals surface area contributed by atoms with Crippen molar-refractivity contribution in [2.24, 2.45) is 0 Å². The van der Waals surface area contributed by atoms with Crippen LogP contribution in [0.15, 0.2) is 77.7 Å². The Morgan fingerprint density at radius 1 is 0.465 bits per heavy atom. The molecule has 0 N–H and O–H groups in total. The number of thioether (sulfide) groups is 1. The second-order valence-corrected chi connectivity index (χ2v) is 20.8. The molecule has 3 fully saturated rings. The molecule has 3 saturated heterocycles. The molecule has 3 aliphatic heterocycles. The van der Waals surface area contributed by atoms with Crippen LogP contribution in [-0.2, 0) is 4.74 Å². The number of hydrogen-bond acceptors (Lipinski definition) is 11. The Kier molecular flexibility index (Phi) is 32.2. The van der Waals surface area contributed by atoms with Gasteiger partial charge in [0.25, 0.3) is 0 Å². The average molecular weight is 1000 g/mol. The van der Waals surface area contributed by atoms with E-state index in [4.69, 9.17) is 14.2 Å². The summed E-state index contributed by atoms with van der Waals surface area (Å²) in [6.45, 7) is 20.9. The zero-order chi connectivity index (χ0) is 50.6. The standard InChI is InChI=1S/C21H34N2O2.C21H33NO2.C18H27NO2S/c1-3-4-5-6-7-18-25-20-10-8-19(9-11-20)21(24)12-13-23-16-14-22(2)15-17-23;1-2-3-4-5-9-18-24-20-12-10-19(11-13-20)21(23)14-17-22-15-7-6-8-16-22;1-2-3-4-15-22-17-7-5-16(6-8-17)18(20)9-10-19-11-13-21-14-12-19/h8-11H,3-7,12-18H2,1-2H3;10-13H,2-9,14-18H2,1H3;5-8H,2-4,9-15H2,1H3. The first kappa shape index (κ1) is 60.0. The number of likely N-dealkylation sites (N-methyl/N-ethyl adjacent to an activating group) is 1. The molecule has 0 saturated carbocycles. The molecule has 3 aromatic carbocycles. The minimum atomic E-state index is 0.227. The molecule has 0 spiro atoms. The fraction of sp³-hybridized carbons (Fsp3) is 0.650. The van der Waals surface area contributed by atoms with E-state index in [-0.39, 0.29) is 17.3 Å². The summed E-state index contributed by atoms with van der Waals surface area (Å²) in [5.74, 6) is 3.62. The van der Waals surface area contributed by atoms with E-state index in [2.05, 4.69) is 59.6 Å². The zero-order valence-electron chi connectivity index (χ0n) is 44.8. The highest BCUT2D eigenvalue weighted by molar-refractivity contribution is 7.99. The summed E-state index contributed by atoms with van der Waals surface area (Å²) in [7, 11) is 2.15. The fourth-order valence-electron chi connectivity index (χ4n) is 8.84. The van der Waals surface area contributed by atoms with Gasteiger partial charge < -0.3 is 28.9 Å². The lowest BCUT2D eigenvalue weighted by atomic mass is 10.1. The van der Waals surface area contributed by atoms with Gasteiger partial charge in [-0.2, -0.15) is 0 Å². The van der Waals surface area contributed by atoms with Crippen LogP contribution in [0.1, 0.15) is 174 Å². The molecule has 6 rings (SSSR count). The topological polar surface area (TPSA) is 91.9 Å². The SMILES string of the molecule is CCCCCCCOc1ccc(C(=O)CCN2CCCCC2)cc1.CCCCCCCOc1ccc(C(=O)CCN2CCN(C)CC2)cc1.CCCCCSc1ccc(C(=O)CCN2CCOCC2)cc1. The molecule has 71 heavy (non-hydrogen) atoms. The normalized spacial score (nSPS) is 15.8. The number of hydrogen-bond donors (Lipinski definition) is 0. The average Bonchev–Trinajstić information content (AvgIpc) is 3.41.